The Morgan fingerprint density at radius 3 is 1.80 bits per heavy atom. The van der Waals surface area contributed by atoms with Crippen LogP contribution in [0.2, 0.25) is 0 Å². The molecule has 2 aliphatic carbocycles. The molecule has 0 bridgehead atoms. The molecule has 2 heteroatoms. The van der Waals surface area contributed by atoms with E-state index in [2.05, 4.69) is 170 Å². The third-order valence-corrected chi connectivity index (χ3v) is 9.80. The van der Waals surface area contributed by atoms with E-state index in [0.717, 1.165) is 24.2 Å². The van der Waals surface area contributed by atoms with Crippen LogP contribution in [0.3, 0.4) is 0 Å². The lowest BCUT2D eigenvalue weighted by Crippen LogP contribution is -2.24. The quantitative estimate of drug-likeness (QED) is 0.180. The minimum Gasteiger partial charge on any atom is -0.314 e. The van der Waals surface area contributed by atoms with Gasteiger partial charge in [-0.15, -0.1) is 0 Å². The molecule has 0 heterocycles. The zero-order valence-electron chi connectivity index (χ0n) is 26.2. The van der Waals surface area contributed by atoms with Crippen molar-refractivity contribution in [3.63, 3.8) is 0 Å². The molecule has 0 spiro atoms. The number of hydrogen-bond acceptors (Lipinski definition) is 2. The van der Waals surface area contributed by atoms with E-state index in [-0.39, 0.29) is 0 Å². The molecule has 6 aromatic carbocycles. The lowest BCUT2D eigenvalue weighted by molar-refractivity contribution is 0.668. The lowest BCUT2D eigenvalue weighted by Gasteiger charge is -2.36. The van der Waals surface area contributed by atoms with Crippen molar-refractivity contribution in [2.45, 2.75) is 39.5 Å². The fraction of sp³-hybridized carbons (Fsp3) is 0.163. The number of rotatable bonds is 6. The summed E-state index contributed by atoms with van der Waals surface area (Å²) in [5.41, 5.74) is 11.6. The summed E-state index contributed by atoms with van der Waals surface area (Å²) < 4.78 is 0. The van der Waals surface area contributed by atoms with E-state index >= 15 is 0 Å². The summed E-state index contributed by atoms with van der Waals surface area (Å²) >= 11 is 0. The maximum Gasteiger partial charge on any atom is 0.0540 e. The van der Waals surface area contributed by atoms with Gasteiger partial charge in [-0.25, -0.2) is 0 Å². The van der Waals surface area contributed by atoms with Crippen molar-refractivity contribution in [3.8, 4) is 0 Å². The van der Waals surface area contributed by atoms with Gasteiger partial charge in [0.2, 0.25) is 0 Å². The molecule has 0 aromatic heterocycles. The van der Waals surface area contributed by atoms with E-state index in [0.29, 0.717) is 11.8 Å². The smallest absolute Gasteiger partial charge is 0.0540 e. The molecule has 0 fully saturated rings. The molecule has 0 amide bonds. The van der Waals surface area contributed by atoms with E-state index < -0.39 is 0 Å². The van der Waals surface area contributed by atoms with Crippen molar-refractivity contribution >= 4 is 50.0 Å². The first-order valence-electron chi connectivity index (χ1n) is 16.2. The van der Waals surface area contributed by atoms with Crippen LogP contribution in [0, 0.1) is 12.8 Å². The molecule has 2 unspecified atom stereocenters. The lowest BCUT2D eigenvalue weighted by atomic mass is 9.78. The molecule has 0 saturated heterocycles. The van der Waals surface area contributed by atoms with Gasteiger partial charge in [0.05, 0.1) is 5.69 Å². The van der Waals surface area contributed by atoms with E-state index in [1.807, 2.05) is 0 Å². The Kier molecular flexibility index (Phi) is 6.79. The average molecular weight is 583 g/mol. The first-order chi connectivity index (χ1) is 22.1. The van der Waals surface area contributed by atoms with E-state index in [1.165, 1.54) is 61.0 Å². The molecular weight excluding hydrogens is 544 g/mol. The monoisotopic (exact) mass is 582 g/mol. The van der Waals surface area contributed by atoms with Crippen LogP contribution in [0.15, 0.2) is 145 Å². The minimum absolute atomic E-state index is 0.401. The molecule has 2 aliphatic rings. The maximum absolute atomic E-state index is 2.54. The molecule has 8 rings (SSSR count). The summed E-state index contributed by atoms with van der Waals surface area (Å²) in [5, 5.41) is 5.49. The number of benzene rings is 6. The van der Waals surface area contributed by atoms with Crippen molar-refractivity contribution in [1.82, 2.24) is 0 Å². The maximum atomic E-state index is 2.54. The topological polar surface area (TPSA) is 6.48 Å². The third-order valence-electron chi connectivity index (χ3n) is 9.80. The Labute approximate surface area is 266 Å². The zero-order chi connectivity index (χ0) is 30.5. The number of anilines is 5. The summed E-state index contributed by atoms with van der Waals surface area (Å²) in [7, 11) is 0. The van der Waals surface area contributed by atoms with Crippen molar-refractivity contribution in [1.29, 1.82) is 0 Å². The Morgan fingerprint density at radius 1 is 0.578 bits per heavy atom. The highest BCUT2D eigenvalue weighted by Crippen LogP contribution is 2.51. The summed E-state index contributed by atoms with van der Waals surface area (Å²) in [6.45, 7) is 7.05. The van der Waals surface area contributed by atoms with Gasteiger partial charge in [-0.1, -0.05) is 92.7 Å². The predicted molar refractivity (Wildman–Crippen MR) is 193 cm³/mol. The minimum atomic E-state index is 0.401. The molecule has 6 aromatic rings. The van der Waals surface area contributed by atoms with E-state index in [1.54, 1.807) is 0 Å². The highest BCUT2D eigenvalue weighted by Gasteiger charge is 2.30. The Bertz CT molecular complexity index is 2050. The fourth-order valence-corrected chi connectivity index (χ4v) is 7.65. The molecule has 2 nitrogen and oxygen atoms in total. The van der Waals surface area contributed by atoms with Gasteiger partial charge in [0.15, 0.2) is 0 Å². The third kappa shape index (κ3) is 4.56. The van der Waals surface area contributed by atoms with Crippen molar-refractivity contribution < 1.29 is 0 Å². The number of para-hydroxylation sites is 3. The first-order valence-corrected chi connectivity index (χ1v) is 16.2. The Balaban J connectivity index is 1.45. The summed E-state index contributed by atoms with van der Waals surface area (Å²) in [6, 6.07) is 44.5. The van der Waals surface area contributed by atoms with Crippen LogP contribution < -0.4 is 9.80 Å². The number of aryl methyl sites for hydroxylation is 1. The molecule has 220 valence electrons. The Morgan fingerprint density at radius 2 is 1.18 bits per heavy atom. The molecular formula is C43H38N2. The van der Waals surface area contributed by atoms with Gasteiger partial charge in [0.25, 0.3) is 0 Å². The molecule has 0 aliphatic heterocycles. The number of nitrogens with zero attached hydrogens (tertiary/aromatic N) is 2. The van der Waals surface area contributed by atoms with Gasteiger partial charge < -0.3 is 9.80 Å². The summed E-state index contributed by atoms with van der Waals surface area (Å²) in [6.07, 6.45) is 8.91. The SMILES string of the molecule is Cc1cc2c(N(c3ccccc3)c3ccccc3)ccc3c2c2c(c(N(C4=CC=CCC4C)c4ccccc4)ccc12)CC3C. The van der Waals surface area contributed by atoms with Crippen molar-refractivity contribution in [3.05, 3.63) is 162 Å². The molecule has 2 atom stereocenters. The van der Waals surface area contributed by atoms with Gasteiger partial charge in [-0.2, -0.15) is 0 Å². The molecule has 0 saturated carbocycles. The van der Waals surface area contributed by atoms with Crippen LogP contribution in [0.5, 0.6) is 0 Å². The van der Waals surface area contributed by atoms with Gasteiger partial charge in [-0.05, 0) is 119 Å². The van der Waals surface area contributed by atoms with Crippen molar-refractivity contribution in [2.24, 2.45) is 5.92 Å². The second-order valence-corrected chi connectivity index (χ2v) is 12.7. The second kappa shape index (κ2) is 11.1. The Hall–Kier alpha value is -5.08. The first kappa shape index (κ1) is 27.5. The van der Waals surface area contributed by atoms with Crippen LogP contribution in [0.4, 0.5) is 28.4 Å². The summed E-state index contributed by atoms with van der Waals surface area (Å²) in [5.74, 6) is 0.833. The normalized spacial score (nSPS) is 17.1. The van der Waals surface area contributed by atoms with E-state index in [9.17, 15) is 0 Å². The molecule has 0 radical (unpaired) electrons. The molecule has 45 heavy (non-hydrogen) atoms. The van der Waals surface area contributed by atoms with Crippen LogP contribution in [-0.2, 0) is 6.42 Å². The van der Waals surface area contributed by atoms with E-state index in [4.69, 9.17) is 0 Å². The highest BCUT2D eigenvalue weighted by molar-refractivity contribution is 6.18. The van der Waals surface area contributed by atoms with Crippen LogP contribution in [-0.4, -0.2) is 0 Å². The van der Waals surface area contributed by atoms with Gasteiger partial charge in [-0.3, -0.25) is 0 Å². The van der Waals surface area contributed by atoms with Crippen LogP contribution >= 0.6 is 0 Å². The highest BCUT2D eigenvalue weighted by atomic mass is 15.2. The largest absolute Gasteiger partial charge is 0.314 e. The zero-order valence-corrected chi connectivity index (χ0v) is 26.2. The van der Waals surface area contributed by atoms with Crippen molar-refractivity contribution in [2.75, 3.05) is 9.80 Å². The van der Waals surface area contributed by atoms with Gasteiger partial charge in [0, 0.05) is 39.8 Å². The average Bonchev–Trinajstić information content (AvgIpc) is 3.08. The van der Waals surface area contributed by atoms with Crippen LogP contribution in [0.1, 0.15) is 42.9 Å². The standard InChI is InChI=1S/C43H38N2/c1-29-15-13-14-22-39(29)45(34-20-11-6-12-21-34)41-26-24-36-30(2)27-37-40(25-23-35-31(3)28-38(41)43(36)42(35)37)44(32-16-7-4-8-17-32)33-18-9-5-10-19-33/h4-14,16-27,29,31H,15,28H2,1-3H3. The fourth-order valence-electron chi connectivity index (χ4n) is 7.65. The van der Waals surface area contributed by atoms with Crippen LogP contribution in [0.25, 0.3) is 21.5 Å². The summed E-state index contributed by atoms with van der Waals surface area (Å²) in [4.78, 5) is 4.96. The second-order valence-electron chi connectivity index (χ2n) is 12.7. The number of allylic oxidation sites excluding steroid dienone is 4. The van der Waals surface area contributed by atoms with Gasteiger partial charge >= 0.3 is 0 Å². The number of hydrogen-bond donors (Lipinski definition) is 0. The molecule has 0 N–H and O–H groups in total. The predicted octanol–water partition coefficient (Wildman–Crippen LogP) is 12.0. The van der Waals surface area contributed by atoms with Gasteiger partial charge in [0.1, 0.15) is 0 Å².